The van der Waals surface area contributed by atoms with Crippen LogP contribution in [0.4, 0.5) is 5.82 Å². The molecule has 6 nitrogen and oxygen atoms in total. The lowest BCUT2D eigenvalue weighted by atomic mass is 10.0. The SMILES string of the molecule is CC1(C)COCCN1c1nnccc1C(=N)N. The van der Waals surface area contributed by atoms with E-state index in [0.29, 0.717) is 24.6 Å². The molecule has 92 valence electrons. The van der Waals surface area contributed by atoms with Crippen molar-refractivity contribution in [3.8, 4) is 0 Å². The van der Waals surface area contributed by atoms with Gasteiger partial charge in [-0.2, -0.15) is 5.10 Å². The molecule has 0 atom stereocenters. The van der Waals surface area contributed by atoms with Crippen LogP contribution in [0.25, 0.3) is 0 Å². The summed E-state index contributed by atoms with van der Waals surface area (Å²) in [5.41, 5.74) is 6.02. The maximum Gasteiger partial charge on any atom is 0.162 e. The first-order chi connectivity index (χ1) is 8.02. The van der Waals surface area contributed by atoms with Crippen molar-refractivity contribution in [3.05, 3.63) is 17.8 Å². The van der Waals surface area contributed by atoms with Crippen LogP contribution in [0.3, 0.4) is 0 Å². The fraction of sp³-hybridized carbons (Fsp3) is 0.545. The topological polar surface area (TPSA) is 88.1 Å². The van der Waals surface area contributed by atoms with Crippen LogP contribution in [-0.4, -0.2) is 41.3 Å². The number of nitrogens with zero attached hydrogens (tertiary/aromatic N) is 3. The quantitative estimate of drug-likeness (QED) is 0.571. The number of morpholine rings is 1. The Bertz CT molecular complexity index is 432. The second-order valence-electron chi connectivity index (χ2n) is 4.70. The smallest absolute Gasteiger partial charge is 0.162 e. The number of nitrogens with two attached hydrogens (primary N) is 1. The zero-order valence-electron chi connectivity index (χ0n) is 10.1. The minimum Gasteiger partial charge on any atom is -0.384 e. The molecule has 0 aromatic carbocycles. The Hall–Kier alpha value is -1.69. The van der Waals surface area contributed by atoms with Crippen molar-refractivity contribution in [1.82, 2.24) is 10.2 Å². The van der Waals surface area contributed by atoms with Gasteiger partial charge >= 0.3 is 0 Å². The number of nitrogens with one attached hydrogen (secondary N) is 1. The van der Waals surface area contributed by atoms with Gasteiger partial charge in [0.05, 0.1) is 30.5 Å². The number of rotatable bonds is 2. The van der Waals surface area contributed by atoms with Crippen molar-refractivity contribution in [1.29, 1.82) is 5.41 Å². The first kappa shape index (κ1) is 11.8. The molecule has 1 aliphatic rings. The Labute approximate surface area is 100 Å². The number of hydrogen-bond donors (Lipinski definition) is 2. The van der Waals surface area contributed by atoms with E-state index in [4.69, 9.17) is 15.9 Å². The largest absolute Gasteiger partial charge is 0.384 e. The molecule has 1 aromatic heterocycles. The maximum absolute atomic E-state index is 7.58. The second kappa shape index (κ2) is 4.29. The van der Waals surface area contributed by atoms with Crippen LogP contribution < -0.4 is 10.6 Å². The number of aromatic nitrogens is 2. The van der Waals surface area contributed by atoms with E-state index < -0.39 is 0 Å². The van der Waals surface area contributed by atoms with Gasteiger partial charge in [-0.3, -0.25) is 5.41 Å². The molecule has 1 aliphatic heterocycles. The predicted octanol–water partition coefficient (Wildman–Crippen LogP) is 0.376. The van der Waals surface area contributed by atoms with Crippen LogP contribution in [0.2, 0.25) is 0 Å². The summed E-state index contributed by atoms with van der Waals surface area (Å²) in [6, 6.07) is 1.72. The third-order valence-electron chi connectivity index (χ3n) is 2.89. The van der Waals surface area contributed by atoms with Gasteiger partial charge in [-0.25, -0.2) is 0 Å². The van der Waals surface area contributed by atoms with Crippen molar-refractivity contribution < 1.29 is 4.74 Å². The van der Waals surface area contributed by atoms with E-state index in [1.54, 1.807) is 12.3 Å². The van der Waals surface area contributed by atoms with Gasteiger partial charge < -0.3 is 15.4 Å². The van der Waals surface area contributed by atoms with Gasteiger partial charge in [0.15, 0.2) is 5.82 Å². The Morgan fingerprint density at radius 2 is 2.35 bits per heavy atom. The van der Waals surface area contributed by atoms with E-state index in [1.165, 1.54) is 0 Å². The van der Waals surface area contributed by atoms with E-state index in [2.05, 4.69) is 28.9 Å². The summed E-state index contributed by atoms with van der Waals surface area (Å²) in [6.45, 7) is 6.15. The summed E-state index contributed by atoms with van der Waals surface area (Å²) in [7, 11) is 0. The Kier molecular flexibility index (Phi) is 2.97. The molecule has 1 saturated heterocycles. The minimum atomic E-state index is -0.168. The van der Waals surface area contributed by atoms with Gasteiger partial charge in [0.2, 0.25) is 0 Å². The van der Waals surface area contributed by atoms with Gasteiger partial charge in [0.25, 0.3) is 0 Å². The number of nitrogen functional groups attached to an aromatic ring is 1. The van der Waals surface area contributed by atoms with E-state index in [1.807, 2.05) is 0 Å². The number of hydrogen-bond acceptors (Lipinski definition) is 5. The van der Waals surface area contributed by atoms with Gasteiger partial charge in [0.1, 0.15) is 5.84 Å². The average molecular weight is 235 g/mol. The van der Waals surface area contributed by atoms with Gasteiger partial charge in [-0.05, 0) is 19.9 Å². The summed E-state index contributed by atoms with van der Waals surface area (Å²) in [6.07, 6.45) is 1.55. The lowest BCUT2D eigenvalue weighted by molar-refractivity contribution is 0.0638. The summed E-state index contributed by atoms with van der Waals surface area (Å²) in [4.78, 5) is 2.10. The third kappa shape index (κ3) is 2.21. The molecular weight excluding hydrogens is 218 g/mol. The van der Waals surface area contributed by atoms with Crippen molar-refractivity contribution in [2.45, 2.75) is 19.4 Å². The van der Waals surface area contributed by atoms with E-state index in [9.17, 15) is 0 Å². The van der Waals surface area contributed by atoms with E-state index >= 15 is 0 Å². The highest BCUT2D eigenvalue weighted by Gasteiger charge is 2.33. The maximum atomic E-state index is 7.58. The lowest BCUT2D eigenvalue weighted by Crippen LogP contribution is -2.54. The number of anilines is 1. The van der Waals surface area contributed by atoms with Gasteiger partial charge in [0, 0.05) is 6.54 Å². The van der Waals surface area contributed by atoms with E-state index in [0.717, 1.165) is 6.54 Å². The molecule has 0 radical (unpaired) electrons. The molecule has 0 aliphatic carbocycles. The predicted molar refractivity (Wildman–Crippen MR) is 65.3 cm³/mol. The van der Waals surface area contributed by atoms with Crippen molar-refractivity contribution in [2.24, 2.45) is 5.73 Å². The molecule has 0 spiro atoms. The van der Waals surface area contributed by atoms with Crippen molar-refractivity contribution >= 4 is 11.7 Å². The molecular formula is C11H17N5O. The second-order valence-corrected chi connectivity index (χ2v) is 4.70. The number of amidine groups is 1. The Morgan fingerprint density at radius 1 is 1.59 bits per heavy atom. The molecule has 3 N–H and O–H groups in total. The molecule has 0 unspecified atom stereocenters. The van der Waals surface area contributed by atoms with Crippen LogP contribution >= 0.6 is 0 Å². The van der Waals surface area contributed by atoms with Crippen LogP contribution in [0.5, 0.6) is 0 Å². The molecule has 0 bridgehead atoms. The van der Waals surface area contributed by atoms with Crippen LogP contribution in [0, 0.1) is 5.41 Å². The lowest BCUT2D eigenvalue weighted by Gasteiger charge is -2.43. The Balaban J connectivity index is 2.42. The fourth-order valence-electron chi connectivity index (χ4n) is 1.98. The molecule has 0 saturated carbocycles. The van der Waals surface area contributed by atoms with Crippen molar-refractivity contribution in [2.75, 3.05) is 24.7 Å². The van der Waals surface area contributed by atoms with Crippen molar-refractivity contribution in [3.63, 3.8) is 0 Å². The van der Waals surface area contributed by atoms with Gasteiger partial charge in [-0.15, -0.1) is 5.10 Å². The highest BCUT2D eigenvalue weighted by molar-refractivity contribution is 5.99. The standard InChI is InChI=1S/C11H17N5O/c1-11(2)7-17-6-5-16(11)10-8(9(12)13)3-4-14-15-10/h3-4H,5-7H2,1-2H3,(H3,12,13). The first-order valence-electron chi connectivity index (χ1n) is 5.54. The average Bonchev–Trinajstić information content (AvgIpc) is 2.28. The monoisotopic (exact) mass is 235 g/mol. The minimum absolute atomic E-state index is 0.0113. The van der Waals surface area contributed by atoms with Gasteiger partial charge in [-0.1, -0.05) is 0 Å². The molecule has 17 heavy (non-hydrogen) atoms. The van der Waals surface area contributed by atoms with E-state index in [-0.39, 0.29) is 11.4 Å². The molecule has 1 aromatic rings. The summed E-state index contributed by atoms with van der Waals surface area (Å²) in [5.74, 6) is 0.672. The number of ether oxygens (including phenoxy) is 1. The fourth-order valence-corrected chi connectivity index (χ4v) is 1.98. The highest BCUT2D eigenvalue weighted by atomic mass is 16.5. The Morgan fingerprint density at radius 3 is 3.00 bits per heavy atom. The normalized spacial score (nSPS) is 19.1. The van der Waals surface area contributed by atoms with Crippen LogP contribution in [0.15, 0.2) is 12.3 Å². The summed E-state index contributed by atoms with van der Waals surface area (Å²) in [5, 5.41) is 15.6. The van der Waals surface area contributed by atoms with Crippen LogP contribution in [-0.2, 0) is 4.74 Å². The third-order valence-corrected chi connectivity index (χ3v) is 2.89. The zero-order chi connectivity index (χ0) is 12.5. The molecule has 0 amide bonds. The summed E-state index contributed by atoms with van der Waals surface area (Å²) < 4.78 is 5.46. The van der Waals surface area contributed by atoms with Crippen LogP contribution in [0.1, 0.15) is 19.4 Å². The zero-order valence-corrected chi connectivity index (χ0v) is 10.1. The molecule has 2 heterocycles. The highest BCUT2D eigenvalue weighted by Crippen LogP contribution is 2.27. The molecule has 2 rings (SSSR count). The molecule has 1 fully saturated rings. The summed E-state index contributed by atoms with van der Waals surface area (Å²) >= 11 is 0. The molecule has 6 heteroatoms. The first-order valence-corrected chi connectivity index (χ1v) is 5.54.